The smallest absolute Gasteiger partial charge is 0.274 e. The standard InChI is InChI=1S/C16H25N5O2/c1-19(2)15(22)13-10-21(9-8-20(13)3)16(23)14-11-6-4-5-7-12(11)17-18-14/h13H,4-10H2,1-3H3,(H,17,18)/t13-/m1/s1. The minimum Gasteiger partial charge on any atom is -0.347 e. The highest BCUT2D eigenvalue weighted by Crippen LogP contribution is 2.24. The fraction of sp³-hybridized carbons (Fsp3) is 0.688. The first-order valence-electron chi connectivity index (χ1n) is 8.26. The molecule has 0 radical (unpaired) electrons. The number of aromatic nitrogens is 2. The van der Waals surface area contributed by atoms with Crippen LogP contribution in [-0.2, 0) is 17.6 Å². The van der Waals surface area contributed by atoms with Crippen molar-refractivity contribution < 1.29 is 9.59 Å². The summed E-state index contributed by atoms with van der Waals surface area (Å²) in [7, 11) is 5.44. The molecular weight excluding hydrogens is 294 g/mol. The van der Waals surface area contributed by atoms with Crippen molar-refractivity contribution in [3.05, 3.63) is 17.0 Å². The van der Waals surface area contributed by atoms with E-state index in [1.807, 2.05) is 11.9 Å². The van der Waals surface area contributed by atoms with Crippen LogP contribution in [0.4, 0.5) is 0 Å². The van der Waals surface area contributed by atoms with Gasteiger partial charge in [0.1, 0.15) is 6.04 Å². The average Bonchev–Trinajstić information content (AvgIpc) is 2.98. The van der Waals surface area contributed by atoms with Crippen LogP contribution in [0.1, 0.15) is 34.6 Å². The van der Waals surface area contributed by atoms with Gasteiger partial charge in [-0.15, -0.1) is 0 Å². The predicted octanol–water partition coefficient (Wildman–Crippen LogP) is 0.133. The van der Waals surface area contributed by atoms with Crippen LogP contribution in [0.2, 0.25) is 0 Å². The Bertz CT molecular complexity index is 610. The first-order chi connectivity index (χ1) is 11.0. The molecule has 1 N–H and O–H groups in total. The number of hydrogen-bond donors (Lipinski definition) is 1. The molecule has 2 heterocycles. The maximum Gasteiger partial charge on any atom is 0.274 e. The summed E-state index contributed by atoms with van der Waals surface area (Å²) in [6.07, 6.45) is 4.15. The molecule has 0 aromatic carbocycles. The fourth-order valence-electron chi connectivity index (χ4n) is 3.43. The summed E-state index contributed by atoms with van der Waals surface area (Å²) in [4.78, 5) is 30.6. The number of fused-ring (bicyclic) bond motifs is 1. The number of amides is 2. The Morgan fingerprint density at radius 3 is 2.70 bits per heavy atom. The highest BCUT2D eigenvalue weighted by Gasteiger charge is 2.35. The maximum atomic E-state index is 12.9. The Balaban J connectivity index is 1.77. The molecule has 126 valence electrons. The summed E-state index contributed by atoms with van der Waals surface area (Å²) < 4.78 is 0. The van der Waals surface area contributed by atoms with Gasteiger partial charge in [0.2, 0.25) is 5.91 Å². The van der Waals surface area contributed by atoms with Crippen molar-refractivity contribution in [2.24, 2.45) is 0 Å². The van der Waals surface area contributed by atoms with Gasteiger partial charge in [-0.3, -0.25) is 19.6 Å². The van der Waals surface area contributed by atoms with Crippen LogP contribution in [0, 0.1) is 0 Å². The number of aromatic amines is 1. The SMILES string of the molecule is CN(C)C(=O)[C@H]1CN(C(=O)c2n[nH]c3c2CCCC3)CCN1C. The zero-order chi connectivity index (χ0) is 16.6. The molecule has 7 heteroatoms. The lowest BCUT2D eigenvalue weighted by atomic mass is 9.95. The minimum atomic E-state index is -0.280. The van der Waals surface area contributed by atoms with Gasteiger partial charge in [0, 0.05) is 45.0 Å². The van der Waals surface area contributed by atoms with Crippen LogP contribution in [0.3, 0.4) is 0 Å². The van der Waals surface area contributed by atoms with Crippen LogP contribution >= 0.6 is 0 Å². The Hall–Kier alpha value is -1.89. The zero-order valence-corrected chi connectivity index (χ0v) is 14.1. The van der Waals surface area contributed by atoms with Crippen LogP contribution in [0.5, 0.6) is 0 Å². The highest BCUT2D eigenvalue weighted by molar-refractivity contribution is 5.95. The maximum absolute atomic E-state index is 12.9. The first kappa shape index (κ1) is 16.0. The summed E-state index contributed by atoms with van der Waals surface area (Å²) in [6.45, 7) is 1.75. The lowest BCUT2D eigenvalue weighted by molar-refractivity contribution is -0.135. The van der Waals surface area contributed by atoms with E-state index in [-0.39, 0.29) is 17.9 Å². The van der Waals surface area contributed by atoms with Gasteiger partial charge in [-0.05, 0) is 32.7 Å². The van der Waals surface area contributed by atoms with Crippen molar-refractivity contribution in [2.75, 3.05) is 40.8 Å². The van der Waals surface area contributed by atoms with Crippen LogP contribution < -0.4 is 0 Å². The molecule has 2 amide bonds. The van der Waals surface area contributed by atoms with E-state index in [9.17, 15) is 9.59 Å². The number of H-pyrrole nitrogens is 1. The van der Waals surface area contributed by atoms with Crippen molar-refractivity contribution in [3.8, 4) is 0 Å². The van der Waals surface area contributed by atoms with E-state index in [2.05, 4.69) is 10.2 Å². The number of piperazine rings is 1. The molecule has 23 heavy (non-hydrogen) atoms. The van der Waals surface area contributed by atoms with E-state index < -0.39 is 0 Å². The Morgan fingerprint density at radius 1 is 1.22 bits per heavy atom. The lowest BCUT2D eigenvalue weighted by Gasteiger charge is -2.39. The molecule has 1 aliphatic carbocycles. The Labute approximate surface area is 136 Å². The van der Waals surface area contributed by atoms with E-state index in [1.54, 1.807) is 23.9 Å². The molecule has 0 saturated carbocycles. The van der Waals surface area contributed by atoms with Gasteiger partial charge in [0.15, 0.2) is 5.69 Å². The second-order valence-corrected chi connectivity index (χ2v) is 6.72. The number of aryl methyl sites for hydroxylation is 1. The molecule has 7 nitrogen and oxygen atoms in total. The second kappa shape index (κ2) is 6.31. The molecule has 1 aromatic heterocycles. The van der Waals surface area contributed by atoms with Crippen molar-refractivity contribution in [1.82, 2.24) is 24.9 Å². The number of nitrogens with one attached hydrogen (secondary N) is 1. The van der Waals surface area contributed by atoms with Crippen molar-refractivity contribution in [1.29, 1.82) is 0 Å². The van der Waals surface area contributed by atoms with E-state index >= 15 is 0 Å². The van der Waals surface area contributed by atoms with Crippen LogP contribution in [-0.4, -0.2) is 83.5 Å². The summed E-state index contributed by atoms with van der Waals surface area (Å²) in [6, 6.07) is -0.280. The Kier molecular flexibility index (Phi) is 4.39. The van der Waals surface area contributed by atoms with Crippen LogP contribution in [0.15, 0.2) is 0 Å². The molecular formula is C16H25N5O2. The highest BCUT2D eigenvalue weighted by atomic mass is 16.2. The van der Waals surface area contributed by atoms with E-state index in [0.717, 1.165) is 36.9 Å². The quantitative estimate of drug-likeness (QED) is 0.841. The van der Waals surface area contributed by atoms with E-state index in [0.29, 0.717) is 25.3 Å². The third kappa shape index (κ3) is 2.97. The number of hydrogen-bond acceptors (Lipinski definition) is 4. The second-order valence-electron chi connectivity index (χ2n) is 6.72. The lowest BCUT2D eigenvalue weighted by Crippen LogP contribution is -2.58. The molecule has 1 aliphatic heterocycles. The molecule has 1 fully saturated rings. The normalized spacial score (nSPS) is 21.9. The van der Waals surface area contributed by atoms with Gasteiger partial charge >= 0.3 is 0 Å². The number of rotatable bonds is 2. The molecule has 1 aromatic rings. The molecule has 1 atom stereocenters. The van der Waals surface area contributed by atoms with Crippen LogP contribution in [0.25, 0.3) is 0 Å². The average molecular weight is 319 g/mol. The predicted molar refractivity (Wildman–Crippen MR) is 86.2 cm³/mol. The summed E-state index contributed by atoms with van der Waals surface area (Å²) in [5, 5.41) is 7.30. The third-order valence-electron chi connectivity index (χ3n) is 4.92. The van der Waals surface area contributed by atoms with Crippen molar-refractivity contribution in [3.63, 3.8) is 0 Å². The van der Waals surface area contributed by atoms with Gasteiger partial charge in [-0.2, -0.15) is 5.10 Å². The van der Waals surface area contributed by atoms with Gasteiger partial charge in [-0.25, -0.2) is 0 Å². The van der Waals surface area contributed by atoms with Crippen molar-refractivity contribution in [2.45, 2.75) is 31.7 Å². The van der Waals surface area contributed by atoms with Gasteiger partial charge in [-0.1, -0.05) is 0 Å². The van der Waals surface area contributed by atoms with E-state index in [1.165, 1.54) is 0 Å². The topological polar surface area (TPSA) is 72.5 Å². The molecule has 0 unspecified atom stereocenters. The zero-order valence-electron chi connectivity index (χ0n) is 14.1. The van der Waals surface area contributed by atoms with E-state index in [4.69, 9.17) is 0 Å². The summed E-state index contributed by atoms with van der Waals surface area (Å²) in [5.41, 5.74) is 2.74. The number of carbonyl (C=O) groups is 2. The molecule has 1 saturated heterocycles. The largest absolute Gasteiger partial charge is 0.347 e. The monoisotopic (exact) mass is 319 g/mol. The third-order valence-corrected chi connectivity index (χ3v) is 4.92. The molecule has 0 spiro atoms. The number of likely N-dealkylation sites (N-methyl/N-ethyl adjacent to an activating group) is 2. The molecule has 3 rings (SSSR count). The summed E-state index contributed by atoms with van der Waals surface area (Å²) >= 11 is 0. The van der Waals surface area contributed by atoms with Crippen molar-refractivity contribution >= 4 is 11.8 Å². The fourth-order valence-corrected chi connectivity index (χ4v) is 3.43. The molecule has 0 bridgehead atoms. The van der Waals surface area contributed by atoms with Gasteiger partial charge in [0.05, 0.1) is 0 Å². The molecule has 2 aliphatic rings. The van der Waals surface area contributed by atoms with Gasteiger partial charge < -0.3 is 9.80 Å². The number of nitrogens with zero attached hydrogens (tertiary/aromatic N) is 4. The minimum absolute atomic E-state index is 0.0362. The summed E-state index contributed by atoms with van der Waals surface area (Å²) in [5.74, 6) is -0.0110. The first-order valence-corrected chi connectivity index (χ1v) is 8.26. The Morgan fingerprint density at radius 2 is 1.96 bits per heavy atom. The van der Waals surface area contributed by atoms with Gasteiger partial charge in [0.25, 0.3) is 5.91 Å². The number of carbonyl (C=O) groups excluding carboxylic acids is 2.